The number of nitrogens with zero attached hydrogens (tertiary/aromatic N) is 2. The van der Waals surface area contributed by atoms with E-state index in [1.165, 1.54) is 22.4 Å². The third-order valence-corrected chi connectivity index (χ3v) is 3.58. The number of para-hydroxylation sites is 2. The van der Waals surface area contributed by atoms with Crippen LogP contribution in [-0.4, -0.2) is 11.8 Å². The Balaban J connectivity index is 0.000000338. The molecule has 0 atom stereocenters. The summed E-state index contributed by atoms with van der Waals surface area (Å²) in [6, 6.07) is 19.1. The Hall–Kier alpha value is -2.31. The van der Waals surface area contributed by atoms with Crippen molar-refractivity contribution < 1.29 is 21.8 Å². The molecule has 0 fully saturated rings. The van der Waals surface area contributed by atoms with Gasteiger partial charge in [0, 0.05) is 0 Å². The fourth-order valence-corrected chi connectivity index (χ4v) is 2.55. The molecular weight excluding hydrogens is 307 g/mol. The predicted molar refractivity (Wildman–Crippen MR) is 83.5 cm³/mol. The second-order valence-corrected chi connectivity index (χ2v) is 5.18. The second kappa shape index (κ2) is 6.85. The Labute approximate surface area is 132 Å². The summed E-state index contributed by atoms with van der Waals surface area (Å²) in [5.41, 5.74) is 3.91. The molecule has 3 aromatic rings. The zero-order chi connectivity index (χ0) is 17.0. The maximum atomic E-state index is 9.75. The van der Waals surface area contributed by atoms with Crippen molar-refractivity contribution in [2.24, 2.45) is 14.1 Å². The van der Waals surface area contributed by atoms with E-state index in [9.17, 15) is 17.3 Å². The lowest BCUT2D eigenvalue weighted by Gasteiger charge is -1.99. The summed E-state index contributed by atoms with van der Waals surface area (Å²) in [7, 11) is -1.72. The summed E-state index contributed by atoms with van der Waals surface area (Å²) in [6.45, 7) is 0. The van der Waals surface area contributed by atoms with E-state index >= 15 is 0 Å². The topological polar surface area (TPSA) is 8.81 Å². The van der Waals surface area contributed by atoms with Crippen LogP contribution in [0.15, 0.2) is 54.6 Å². The minimum Gasteiger partial charge on any atom is -0.418 e. The van der Waals surface area contributed by atoms with E-state index in [2.05, 4.69) is 77.8 Å². The van der Waals surface area contributed by atoms with Gasteiger partial charge in [-0.15, -0.1) is 0 Å². The number of halogens is 4. The normalized spacial score (nSPS) is 11.2. The van der Waals surface area contributed by atoms with Crippen LogP contribution in [-0.2, 0) is 20.5 Å². The fraction of sp³-hybridized carbons (Fsp3) is 0.188. The first-order chi connectivity index (χ1) is 10.8. The Morgan fingerprint density at radius 2 is 1.43 bits per heavy atom. The van der Waals surface area contributed by atoms with Crippen molar-refractivity contribution in [3.05, 3.63) is 66.0 Å². The molecule has 0 saturated carbocycles. The molecule has 3 rings (SSSR count). The standard InChI is InChI=1S/C16H17N2.BF4/c1-17-14-10-6-7-11-15(14)18(2)16(17)12-13-8-4-3-5-9-13;2-1(3,4)5/h3-11H,12H2,1-2H3;/q+1;-1. The molecule has 0 amide bonds. The highest BCUT2D eigenvalue weighted by molar-refractivity contribution is 6.50. The Kier molecular flexibility index (Phi) is 5.08. The summed E-state index contributed by atoms with van der Waals surface area (Å²) in [6.07, 6.45) is 0.961. The van der Waals surface area contributed by atoms with Crippen LogP contribution in [0, 0.1) is 0 Å². The van der Waals surface area contributed by atoms with Gasteiger partial charge >= 0.3 is 7.25 Å². The molecule has 1 aromatic heterocycles. The van der Waals surface area contributed by atoms with Gasteiger partial charge < -0.3 is 17.3 Å². The molecule has 0 aliphatic carbocycles. The lowest BCUT2D eigenvalue weighted by atomic mass is 10.1. The molecule has 0 bridgehead atoms. The summed E-state index contributed by atoms with van der Waals surface area (Å²) in [4.78, 5) is 0. The number of imidazole rings is 1. The fourth-order valence-electron chi connectivity index (χ4n) is 2.55. The third-order valence-electron chi connectivity index (χ3n) is 3.58. The number of aryl methyl sites for hydroxylation is 2. The maximum Gasteiger partial charge on any atom is 0.673 e. The molecule has 0 saturated heterocycles. The number of hydrogen-bond donors (Lipinski definition) is 0. The maximum absolute atomic E-state index is 9.75. The highest BCUT2D eigenvalue weighted by Crippen LogP contribution is 2.14. The first-order valence-electron chi connectivity index (χ1n) is 7.11. The SMILES string of the molecule is Cn1c(Cc2ccccc2)[n+](C)c2ccccc21.F[B-](F)(F)F. The third kappa shape index (κ3) is 4.58. The Morgan fingerprint density at radius 1 is 0.913 bits per heavy atom. The Morgan fingerprint density at radius 3 is 2.00 bits per heavy atom. The number of benzene rings is 2. The quantitative estimate of drug-likeness (QED) is 0.384. The lowest BCUT2D eigenvalue weighted by Crippen LogP contribution is -2.33. The molecule has 0 aliphatic heterocycles. The van der Waals surface area contributed by atoms with Gasteiger partial charge in [-0.05, 0) is 17.7 Å². The lowest BCUT2D eigenvalue weighted by molar-refractivity contribution is -0.653. The van der Waals surface area contributed by atoms with Crippen molar-refractivity contribution in [3.63, 3.8) is 0 Å². The van der Waals surface area contributed by atoms with Gasteiger partial charge in [0.05, 0.1) is 20.5 Å². The van der Waals surface area contributed by atoms with Crippen molar-refractivity contribution in [3.8, 4) is 0 Å². The van der Waals surface area contributed by atoms with Gasteiger partial charge in [0.15, 0.2) is 11.0 Å². The van der Waals surface area contributed by atoms with Crippen LogP contribution in [0.25, 0.3) is 11.0 Å². The molecule has 0 unspecified atom stereocenters. The van der Waals surface area contributed by atoms with E-state index in [0.717, 1.165) is 6.42 Å². The van der Waals surface area contributed by atoms with Crippen LogP contribution >= 0.6 is 0 Å². The number of aromatic nitrogens is 2. The van der Waals surface area contributed by atoms with Crippen LogP contribution in [0.2, 0.25) is 0 Å². The smallest absolute Gasteiger partial charge is 0.418 e. The van der Waals surface area contributed by atoms with Crippen molar-refractivity contribution in [2.45, 2.75) is 6.42 Å². The summed E-state index contributed by atoms with van der Waals surface area (Å²) >= 11 is 0. The number of hydrogen-bond acceptors (Lipinski definition) is 0. The van der Waals surface area contributed by atoms with Crippen LogP contribution in [0.5, 0.6) is 0 Å². The van der Waals surface area contributed by atoms with E-state index in [4.69, 9.17) is 0 Å². The molecule has 1 heterocycles. The first-order valence-corrected chi connectivity index (χ1v) is 7.11. The number of rotatable bonds is 2. The molecule has 7 heteroatoms. The van der Waals surface area contributed by atoms with E-state index < -0.39 is 7.25 Å². The van der Waals surface area contributed by atoms with Crippen LogP contribution in [0.1, 0.15) is 11.4 Å². The van der Waals surface area contributed by atoms with Gasteiger partial charge in [-0.3, -0.25) is 0 Å². The van der Waals surface area contributed by atoms with Crippen molar-refractivity contribution >= 4 is 18.3 Å². The van der Waals surface area contributed by atoms with E-state index in [1.807, 2.05) is 0 Å². The van der Waals surface area contributed by atoms with Gasteiger partial charge in [-0.25, -0.2) is 9.13 Å². The van der Waals surface area contributed by atoms with Gasteiger partial charge in [-0.1, -0.05) is 42.5 Å². The van der Waals surface area contributed by atoms with Crippen LogP contribution in [0.4, 0.5) is 17.3 Å². The van der Waals surface area contributed by atoms with Gasteiger partial charge in [0.2, 0.25) is 0 Å². The van der Waals surface area contributed by atoms with Gasteiger partial charge in [-0.2, -0.15) is 0 Å². The summed E-state index contributed by atoms with van der Waals surface area (Å²) < 4.78 is 43.6. The van der Waals surface area contributed by atoms with E-state index in [0.29, 0.717) is 0 Å². The van der Waals surface area contributed by atoms with E-state index in [-0.39, 0.29) is 0 Å². The minimum absolute atomic E-state index is 0.961. The van der Waals surface area contributed by atoms with Crippen LogP contribution < -0.4 is 4.57 Å². The molecule has 23 heavy (non-hydrogen) atoms. The van der Waals surface area contributed by atoms with Gasteiger partial charge in [0.1, 0.15) is 0 Å². The first kappa shape index (κ1) is 17.1. The molecule has 122 valence electrons. The number of fused-ring (bicyclic) bond motifs is 1. The molecule has 2 nitrogen and oxygen atoms in total. The zero-order valence-electron chi connectivity index (χ0n) is 12.9. The zero-order valence-corrected chi connectivity index (χ0v) is 12.9. The minimum atomic E-state index is -6.00. The van der Waals surface area contributed by atoms with Gasteiger partial charge in [0.25, 0.3) is 5.82 Å². The summed E-state index contributed by atoms with van der Waals surface area (Å²) in [5, 5.41) is 0. The average molecular weight is 324 g/mol. The highest BCUT2D eigenvalue weighted by atomic mass is 19.5. The molecule has 0 aliphatic rings. The Bertz CT molecular complexity index is 737. The summed E-state index contributed by atoms with van der Waals surface area (Å²) in [5.74, 6) is 1.32. The molecule has 0 radical (unpaired) electrons. The molecular formula is C16H17BF4N2. The largest absolute Gasteiger partial charge is 0.673 e. The van der Waals surface area contributed by atoms with Crippen LogP contribution in [0.3, 0.4) is 0 Å². The van der Waals surface area contributed by atoms with Crippen molar-refractivity contribution in [1.82, 2.24) is 4.57 Å². The molecule has 0 N–H and O–H groups in total. The molecule has 2 aromatic carbocycles. The molecule has 0 spiro atoms. The average Bonchev–Trinajstić information content (AvgIpc) is 2.72. The monoisotopic (exact) mass is 324 g/mol. The highest BCUT2D eigenvalue weighted by Gasteiger charge is 2.20. The second-order valence-electron chi connectivity index (χ2n) is 5.18. The van der Waals surface area contributed by atoms with E-state index in [1.54, 1.807) is 0 Å². The van der Waals surface area contributed by atoms with Crippen molar-refractivity contribution in [2.75, 3.05) is 0 Å². The predicted octanol–water partition coefficient (Wildman–Crippen LogP) is 3.89. The van der Waals surface area contributed by atoms with Crippen molar-refractivity contribution in [1.29, 1.82) is 0 Å².